The van der Waals surface area contributed by atoms with Gasteiger partial charge in [0.1, 0.15) is 11.9 Å². The van der Waals surface area contributed by atoms with Gasteiger partial charge in [0, 0.05) is 29.5 Å². The van der Waals surface area contributed by atoms with E-state index in [1.165, 1.54) is 5.56 Å². The van der Waals surface area contributed by atoms with Gasteiger partial charge in [-0.3, -0.25) is 0 Å². The molecule has 0 amide bonds. The number of fused-ring (bicyclic) bond motifs is 1. The van der Waals surface area contributed by atoms with Crippen molar-refractivity contribution in [1.82, 2.24) is 14.9 Å². The van der Waals surface area contributed by atoms with Crippen LogP contribution in [0, 0.1) is 0 Å². The van der Waals surface area contributed by atoms with E-state index in [-0.39, 0.29) is 6.10 Å². The van der Waals surface area contributed by atoms with E-state index in [0.717, 1.165) is 22.3 Å². The zero-order chi connectivity index (χ0) is 13.4. The standard InChI is InChI=1S/C14H16BrN3O/c1-16-11-6-14(12-7-17-8-18(12)2)19-13-4-3-9(15)5-10(11)13/h3-5,7-8,11,14,16H,6H2,1-2H3. The maximum atomic E-state index is 6.12. The summed E-state index contributed by atoms with van der Waals surface area (Å²) in [5, 5.41) is 3.37. The van der Waals surface area contributed by atoms with Gasteiger partial charge in [0.05, 0.1) is 18.2 Å². The van der Waals surface area contributed by atoms with Gasteiger partial charge < -0.3 is 14.6 Å². The van der Waals surface area contributed by atoms with Crippen molar-refractivity contribution < 1.29 is 4.74 Å². The molecule has 1 aliphatic heterocycles. The number of imidazole rings is 1. The summed E-state index contributed by atoms with van der Waals surface area (Å²) in [4.78, 5) is 4.17. The number of aromatic nitrogens is 2. The number of nitrogens with zero attached hydrogens (tertiary/aromatic N) is 2. The third kappa shape index (κ3) is 2.28. The second kappa shape index (κ2) is 4.98. The molecular formula is C14H16BrN3O. The van der Waals surface area contributed by atoms with Crippen LogP contribution in [0.15, 0.2) is 35.2 Å². The van der Waals surface area contributed by atoms with E-state index in [9.17, 15) is 0 Å². The van der Waals surface area contributed by atoms with E-state index in [1.807, 2.05) is 43.3 Å². The van der Waals surface area contributed by atoms with Crippen molar-refractivity contribution >= 4 is 15.9 Å². The van der Waals surface area contributed by atoms with Crippen molar-refractivity contribution in [2.75, 3.05) is 7.05 Å². The summed E-state index contributed by atoms with van der Waals surface area (Å²) < 4.78 is 9.22. The van der Waals surface area contributed by atoms with Gasteiger partial charge in [-0.25, -0.2) is 4.98 Å². The Morgan fingerprint density at radius 3 is 3.00 bits per heavy atom. The summed E-state index contributed by atoms with van der Waals surface area (Å²) >= 11 is 3.52. The quantitative estimate of drug-likeness (QED) is 0.924. The second-order valence-corrected chi connectivity index (χ2v) is 5.71. The first-order valence-corrected chi connectivity index (χ1v) is 7.08. The van der Waals surface area contributed by atoms with Gasteiger partial charge in [0.25, 0.3) is 0 Å². The fraction of sp³-hybridized carbons (Fsp3) is 0.357. The van der Waals surface area contributed by atoms with Crippen molar-refractivity contribution in [2.24, 2.45) is 7.05 Å². The van der Waals surface area contributed by atoms with Crippen molar-refractivity contribution in [3.63, 3.8) is 0 Å². The first-order valence-electron chi connectivity index (χ1n) is 6.28. The van der Waals surface area contributed by atoms with Gasteiger partial charge in [-0.15, -0.1) is 0 Å². The molecule has 0 aliphatic carbocycles. The molecule has 0 saturated heterocycles. The average Bonchev–Trinajstić information content (AvgIpc) is 2.84. The molecule has 2 atom stereocenters. The summed E-state index contributed by atoms with van der Waals surface area (Å²) in [5.74, 6) is 0.944. The zero-order valence-electron chi connectivity index (χ0n) is 10.9. The Kier molecular flexibility index (Phi) is 3.33. The third-order valence-electron chi connectivity index (χ3n) is 3.60. The SMILES string of the molecule is CNC1CC(c2cncn2C)Oc2ccc(Br)cc21. The van der Waals surface area contributed by atoms with E-state index < -0.39 is 0 Å². The smallest absolute Gasteiger partial charge is 0.142 e. The minimum atomic E-state index is 0.0404. The number of aryl methyl sites for hydroxylation is 1. The first-order chi connectivity index (χ1) is 9.19. The fourth-order valence-electron chi connectivity index (χ4n) is 2.57. The summed E-state index contributed by atoms with van der Waals surface area (Å²) in [6, 6.07) is 6.44. The lowest BCUT2D eigenvalue weighted by Gasteiger charge is -2.32. The molecule has 3 rings (SSSR count). The largest absolute Gasteiger partial charge is 0.484 e. The number of benzene rings is 1. The topological polar surface area (TPSA) is 39.1 Å². The monoisotopic (exact) mass is 321 g/mol. The molecule has 5 heteroatoms. The van der Waals surface area contributed by atoms with Crippen molar-refractivity contribution in [2.45, 2.75) is 18.6 Å². The van der Waals surface area contributed by atoms with E-state index in [2.05, 4.69) is 32.3 Å². The van der Waals surface area contributed by atoms with E-state index in [0.29, 0.717) is 6.04 Å². The maximum absolute atomic E-state index is 6.12. The summed E-state index contributed by atoms with van der Waals surface area (Å²) in [5.41, 5.74) is 2.31. The van der Waals surface area contributed by atoms with Crippen LogP contribution in [0.25, 0.3) is 0 Å². The highest BCUT2D eigenvalue weighted by Crippen LogP contribution is 2.41. The van der Waals surface area contributed by atoms with Crippen LogP contribution < -0.4 is 10.1 Å². The van der Waals surface area contributed by atoms with Gasteiger partial charge in [-0.2, -0.15) is 0 Å². The Morgan fingerprint density at radius 2 is 2.32 bits per heavy atom. The molecule has 0 fully saturated rings. The lowest BCUT2D eigenvalue weighted by atomic mass is 9.95. The molecule has 4 nitrogen and oxygen atoms in total. The molecule has 1 aromatic heterocycles. The summed E-state index contributed by atoms with van der Waals surface area (Å²) in [6.07, 6.45) is 4.63. The Bertz CT molecular complexity index is 596. The van der Waals surface area contributed by atoms with Crippen LogP contribution in [0.5, 0.6) is 5.75 Å². The molecule has 2 heterocycles. The van der Waals surface area contributed by atoms with E-state index >= 15 is 0 Å². The predicted octanol–water partition coefficient (Wildman–Crippen LogP) is 2.97. The van der Waals surface area contributed by atoms with Crippen LogP contribution in [-0.4, -0.2) is 16.6 Å². The highest BCUT2D eigenvalue weighted by atomic mass is 79.9. The molecule has 1 aromatic carbocycles. The molecule has 19 heavy (non-hydrogen) atoms. The molecule has 0 bridgehead atoms. The Balaban J connectivity index is 1.98. The number of halogens is 1. The van der Waals surface area contributed by atoms with Crippen molar-refractivity contribution in [1.29, 1.82) is 0 Å². The van der Waals surface area contributed by atoms with Crippen molar-refractivity contribution in [3.05, 3.63) is 46.5 Å². The van der Waals surface area contributed by atoms with Crippen molar-refractivity contribution in [3.8, 4) is 5.75 Å². The fourth-order valence-corrected chi connectivity index (χ4v) is 2.95. The van der Waals surface area contributed by atoms with Gasteiger partial charge in [0.15, 0.2) is 0 Å². The minimum absolute atomic E-state index is 0.0404. The number of hydrogen-bond donors (Lipinski definition) is 1. The molecule has 1 aliphatic rings. The van der Waals surface area contributed by atoms with Crippen LogP contribution in [0.1, 0.15) is 29.8 Å². The van der Waals surface area contributed by atoms with Crippen LogP contribution in [0.3, 0.4) is 0 Å². The lowest BCUT2D eigenvalue weighted by molar-refractivity contribution is 0.147. The molecule has 100 valence electrons. The maximum Gasteiger partial charge on any atom is 0.142 e. The third-order valence-corrected chi connectivity index (χ3v) is 4.09. The highest BCUT2D eigenvalue weighted by Gasteiger charge is 2.29. The Labute approximate surface area is 120 Å². The number of hydrogen-bond acceptors (Lipinski definition) is 3. The Hall–Kier alpha value is -1.33. The van der Waals surface area contributed by atoms with Gasteiger partial charge in [-0.1, -0.05) is 15.9 Å². The normalized spacial score (nSPS) is 21.8. The Morgan fingerprint density at radius 1 is 1.47 bits per heavy atom. The molecule has 0 radical (unpaired) electrons. The number of nitrogens with one attached hydrogen (secondary N) is 1. The zero-order valence-corrected chi connectivity index (χ0v) is 12.5. The molecule has 1 N–H and O–H groups in total. The van der Waals surface area contributed by atoms with E-state index in [4.69, 9.17) is 4.74 Å². The molecule has 2 aromatic rings. The molecule has 2 unspecified atom stereocenters. The number of rotatable bonds is 2. The molecule has 0 saturated carbocycles. The van der Waals surface area contributed by atoms with Crippen LogP contribution in [-0.2, 0) is 7.05 Å². The van der Waals surface area contributed by atoms with Crippen LogP contribution >= 0.6 is 15.9 Å². The highest BCUT2D eigenvalue weighted by molar-refractivity contribution is 9.10. The first kappa shape index (κ1) is 12.7. The lowest BCUT2D eigenvalue weighted by Crippen LogP contribution is -2.27. The van der Waals surface area contributed by atoms with Gasteiger partial charge >= 0.3 is 0 Å². The minimum Gasteiger partial charge on any atom is -0.484 e. The molecular weight excluding hydrogens is 306 g/mol. The molecule has 0 spiro atoms. The van der Waals surface area contributed by atoms with Crippen LogP contribution in [0.2, 0.25) is 0 Å². The summed E-state index contributed by atoms with van der Waals surface area (Å²) in [6.45, 7) is 0. The van der Waals surface area contributed by atoms with Gasteiger partial charge in [-0.05, 0) is 25.2 Å². The van der Waals surface area contributed by atoms with Gasteiger partial charge in [0.2, 0.25) is 0 Å². The summed E-state index contributed by atoms with van der Waals surface area (Å²) in [7, 11) is 3.98. The van der Waals surface area contributed by atoms with Crippen LogP contribution in [0.4, 0.5) is 0 Å². The number of ether oxygens (including phenoxy) is 1. The predicted molar refractivity (Wildman–Crippen MR) is 77.1 cm³/mol. The van der Waals surface area contributed by atoms with E-state index in [1.54, 1.807) is 0 Å². The second-order valence-electron chi connectivity index (χ2n) is 4.80. The average molecular weight is 322 g/mol.